The Morgan fingerprint density at radius 3 is 2.78 bits per heavy atom. The number of halogens is 3. The van der Waals surface area contributed by atoms with Crippen LogP contribution in [-0.2, 0) is 6.18 Å². The van der Waals surface area contributed by atoms with Crippen molar-refractivity contribution in [2.45, 2.75) is 25.1 Å². The molecule has 0 bridgehead atoms. The molecule has 1 N–H and O–H groups in total. The number of nitrogens with one attached hydrogen (secondary N) is 1. The highest BCUT2D eigenvalue weighted by molar-refractivity contribution is 5.40. The number of aromatic nitrogens is 1. The van der Waals surface area contributed by atoms with Gasteiger partial charge in [0.05, 0.1) is 5.56 Å². The first-order valence-electron chi connectivity index (χ1n) is 5.94. The average Bonchev–Trinajstić information content (AvgIpc) is 3.12. The lowest BCUT2D eigenvalue weighted by atomic mass is 10.2. The van der Waals surface area contributed by atoms with Crippen molar-refractivity contribution < 1.29 is 13.2 Å². The summed E-state index contributed by atoms with van der Waals surface area (Å²) < 4.78 is 37.6. The van der Waals surface area contributed by atoms with Crippen LogP contribution in [0.15, 0.2) is 18.3 Å². The van der Waals surface area contributed by atoms with Crippen molar-refractivity contribution in [2.75, 3.05) is 25.0 Å². The van der Waals surface area contributed by atoms with E-state index in [1.807, 2.05) is 0 Å². The maximum Gasteiger partial charge on any atom is 0.416 e. The van der Waals surface area contributed by atoms with Gasteiger partial charge >= 0.3 is 6.18 Å². The quantitative estimate of drug-likeness (QED) is 0.879. The number of alkyl halides is 3. The summed E-state index contributed by atoms with van der Waals surface area (Å²) in [5, 5.41) is 3.31. The summed E-state index contributed by atoms with van der Waals surface area (Å²) >= 11 is 0. The van der Waals surface area contributed by atoms with Gasteiger partial charge in [0.25, 0.3) is 0 Å². The molecule has 1 aromatic rings. The van der Waals surface area contributed by atoms with E-state index in [1.165, 1.54) is 19.0 Å². The molecule has 1 aliphatic carbocycles. The van der Waals surface area contributed by atoms with Crippen LogP contribution in [0, 0.1) is 0 Å². The molecule has 0 saturated heterocycles. The molecule has 18 heavy (non-hydrogen) atoms. The highest BCUT2D eigenvalue weighted by Gasteiger charge is 2.31. The molecule has 1 saturated carbocycles. The lowest BCUT2D eigenvalue weighted by molar-refractivity contribution is -0.137. The Kier molecular flexibility index (Phi) is 3.75. The molecule has 0 aromatic carbocycles. The van der Waals surface area contributed by atoms with Crippen LogP contribution in [0.1, 0.15) is 18.4 Å². The predicted molar refractivity (Wildman–Crippen MR) is 63.5 cm³/mol. The molecule has 0 unspecified atom stereocenters. The van der Waals surface area contributed by atoms with E-state index in [-0.39, 0.29) is 0 Å². The van der Waals surface area contributed by atoms with E-state index in [9.17, 15) is 13.2 Å². The van der Waals surface area contributed by atoms with Crippen molar-refractivity contribution >= 4 is 5.82 Å². The standard InChI is InChI=1S/C12H16F3N3/c1-18(7-6-16-10-2-3-10)11-8-9(4-5-17-11)12(13,14)15/h4-5,8,10,16H,2-3,6-7H2,1H3. The first-order valence-corrected chi connectivity index (χ1v) is 5.94. The first kappa shape index (κ1) is 13.1. The first-order chi connectivity index (χ1) is 8.47. The fraction of sp³-hybridized carbons (Fsp3) is 0.583. The zero-order valence-corrected chi connectivity index (χ0v) is 10.2. The molecule has 1 heterocycles. The van der Waals surface area contributed by atoms with Crippen LogP contribution in [0.4, 0.5) is 19.0 Å². The summed E-state index contributed by atoms with van der Waals surface area (Å²) in [5.41, 5.74) is -0.658. The lowest BCUT2D eigenvalue weighted by Crippen LogP contribution is -2.30. The van der Waals surface area contributed by atoms with Crippen LogP contribution < -0.4 is 10.2 Å². The van der Waals surface area contributed by atoms with Gasteiger partial charge in [0.1, 0.15) is 5.82 Å². The van der Waals surface area contributed by atoms with Gasteiger partial charge in [-0.2, -0.15) is 13.2 Å². The van der Waals surface area contributed by atoms with Gasteiger partial charge in [-0.25, -0.2) is 4.98 Å². The molecular formula is C12H16F3N3. The van der Waals surface area contributed by atoms with Gasteiger partial charge in [0.15, 0.2) is 0 Å². The second-order valence-corrected chi connectivity index (χ2v) is 4.55. The van der Waals surface area contributed by atoms with Gasteiger partial charge in [-0.15, -0.1) is 0 Å². The molecule has 0 aliphatic heterocycles. The molecule has 0 radical (unpaired) electrons. The normalized spacial score (nSPS) is 15.8. The summed E-state index contributed by atoms with van der Waals surface area (Å²) in [6.45, 7) is 1.41. The van der Waals surface area contributed by atoms with Crippen LogP contribution in [0.5, 0.6) is 0 Å². The number of pyridine rings is 1. The van der Waals surface area contributed by atoms with E-state index in [0.29, 0.717) is 18.4 Å². The topological polar surface area (TPSA) is 28.2 Å². The molecule has 2 rings (SSSR count). The van der Waals surface area contributed by atoms with E-state index in [2.05, 4.69) is 10.3 Å². The Balaban J connectivity index is 1.93. The molecule has 0 amide bonds. The van der Waals surface area contributed by atoms with Crippen LogP contribution in [0.3, 0.4) is 0 Å². The molecule has 6 heteroatoms. The summed E-state index contributed by atoms with van der Waals surface area (Å²) in [6.07, 6.45) is -0.717. The van der Waals surface area contributed by atoms with Crippen molar-refractivity contribution in [2.24, 2.45) is 0 Å². The minimum Gasteiger partial charge on any atom is -0.358 e. The second-order valence-electron chi connectivity index (χ2n) is 4.55. The van der Waals surface area contributed by atoms with Crippen molar-refractivity contribution in [3.8, 4) is 0 Å². The van der Waals surface area contributed by atoms with Crippen molar-refractivity contribution in [1.29, 1.82) is 0 Å². The summed E-state index contributed by atoms with van der Waals surface area (Å²) in [4.78, 5) is 5.69. The average molecular weight is 259 g/mol. The van der Waals surface area contributed by atoms with Gasteiger partial charge in [0, 0.05) is 32.4 Å². The Morgan fingerprint density at radius 1 is 1.44 bits per heavy atom. The van der Waals surface area contributed by atoms with Gasteiger partial charge in [0.2, 0.25) is 0 Å². The zero-order chi connectivity index (χ0) is 13.2. The van der Waals surface area contributed by atoms with Crippen LogP contribution >= 0.6 is 0 Å². The number of hydrogen-bond donors (Lipinski definition) is 1. The summed E-state index contributed by atoms with van der Waals surface area (Å²) in [7, 11) is 1.75. The number of hydrogen-bond acceptors (Lipinski definition) is 3. The van der Waals surface area contributed by atoms with E-state index in [0.717, 1.165) is 18.7 Å². The minimum atomic E-state index is -4.31. The van der Waals surface area contributed by atoms with E-state index in [1.54, 1.807) is 11.9 Å². The summed E-state index contributed by atoms with van der Waals surface area (Å²) in [5.74, 6) is 0.349. The van der Waals surface area contributed by atoms with E-state index < -0.39 is 11.7 Å². The van der Waals surface area contributed by atoms with Gasteiger partial charge in [-0.3, -0.25) is 0 Å². The maximum absolute atomic E-state index is 12.5. The maximum atomic E-state index is 12.5. The van der Waals surface area contributed by atoms with Crippen LogP contribution in [0.25, 0.3) is 0 Å². The summed E-state index contributed by atoms with van der Waals surface area (Å²) in [6, 6.07) is 2.67. The van der Waals surface area contributed by atoms with Gasteiger partial charge in [-0.1, -0.05) is 0 Å². The molecular weight excluding hydrogens is 243 g/mol. The third kappa shape index (κ3) is 3.60. The van der Waals surface area contributed by atoms with E-state index >= 15 is 0 Å². The molecule has 3 nitrogen and oxygen atoms in total. The Bertz CT molecular complexity index is 402. The van der Waals surface area contributed by atoms with E-state index in [4.69, 9.17) is 0 Å². The Labute approximate surface area is 104 Å². The second kappa shape index (κ2) is 5.14. The largest absolute Gasteiger partial charge is 0.416 e. The zero-order valence-electron chi connectivity index (χ0n) is 10.2. The van der Waals surface area contributed by atoms with Crippen molar-refractivity contribution in [3.05, 3.63) is 23.9 Å². The predicted octanol–water partition coefficient (Wildman–Crippen LogP) is 2.29. The third-order valence-corrected chi connectivity index (χ3v) is 2.92. The number of likely N-dealkylation sites (N-methyl/N-ethyl adjacent to an activating group) is 1. The van der Waals surface area contributed by atoms with Crippen molar-refractivity contribution in [1.82, 2.24) is 10.3 Å². The molecule has 1 aliphatic rings. The number of anilines is 1. The molecule has 100 valence electrons. The molecule has 0 spiro atoms. The third-order valence-electron chi connectivity index (χ3n) is 2.92. The fourth-order valence-corrected chi connectivity index (χ4v) is 1.64. The minimum absolute atomic E-state index is 0.349. The Hall–Kier alpha value is -1.30. The lowest BCUT2D eigenvalue weighted by Gasteiger charge is -2.19. The van der Waals surface area contributed by atoms with Crippen molar-refractivity contribution in [3.63, 3.8) is 0 Å². The fourth-order valence-electron chi connectivity index (χ4n) is 1.64. The smallest absolute Gasteiger partial charge is 0.358 e. The highest BCUT2D eigenvalue weighted by atomic mass is 19.4. The molecule has 0 atom stereocenters. The van der Waals surface area contributed by atoms with Crippen LogP contribution in [0.2, 0.25) is 0 Å². The van der Waals surface area contributed by atoms with Crippen LogP contribution in [-0.4, -0.2) is 31.2 Å². The molecule has 1 aromatic heterocycles. The number of nitrogens with zero attached hydrogens (tertiary/aromatic N) is 2. The van der Waals surface area contributed by atoms with Gasteiger partial charge < -0.3 is 10.2 Å². The Morgan fingerprint density at radius 2 is 2.17 bits per heavy atom. The highest BCUT2D eigenvalue weighted by Crippen LogP contribution is 2.30. The SMILES string of the molecule is CN(CCNC1CC1)c1cc(C(F)(F)F)ccn1. The monoisotopic (exact) mass is 259 g/mol. The number of rotatable bonds is 5. The van der Waals surface area contributed by atoms with Gasteiger partial charge in [-0.05, 0) is 25.0 Å². The molecule has 1 fully saturated rings.